The highest BCUT2D eigenvalue weighted by Crippen LogP contribution is 2.70. The third kappa shape index (κ3) is 5.06. The van der Waals surface area contributed by atoms with Gasteiger partial charge in [-0.25, -0.2) is 15.0 Å². The molecule has 1 spiro atoms. The first-order chi connectivity index (χ1) is 27.0. The second kappa shape index (κ2) is 12.4. The van der Waals surface area contributed by atoms with Gasteiger partial charge in [0.1, 0.15) is 0 Å². The van der Waals surface area contributed by atoms with Gasteiger partial charge in [0.2, 0.25) is 0 Å². The number of nitrogens with zero attached hydrogens (tertiary/aromatic N) is 4. The lowest BCUT2D eigenvalue weighted by molar-refractivity contribution is -0.0397. The van der Waals surface area contributed by atoms with Crippen molar-refractivity contribution >= 4 is 0 Å². The van der Waals surface area contributed by atoms with Crippen LogP contribution in [0.1, 0.15) is 54.4 Å². The molecule has 4 nitrogen and oxygen atoms in total. The van der Waals surface area contributed by atoms with Gasteiger partial charge < -0.3 is 0 Å². The van der Waals surface area contributed by atoms with Crippen LogP contribution >= 0.6 is 0 Å². The van der Waals surface area contributed by atoms with Crippen LogP contribution in [0.25, 0.3) is 67.5 Å². The summed E-state index contributed by atoms with van der Waals surface area (Å²) in [5.41, 5.74) is 15.4. The van der Waals surface area contributed by atoms with E-state index in [4.69, 9.17) is 15.0 Å². The van der Waals surface area contributed by atoms with Gasteiger partial charge in [0.05, 0.1) is 11.6 Å². The fourth-order valence-corrected chi connectivity index (χ4v) is 11.3. The molecule has 1 aromatic heterocycles. The fraction of sp³-hybridized carbons (Fsp3) is 0.216. The quantitative estimate of drug-likeness (QED) is 0.179. The number of benzene rings is 6. The molecular weight excluding hydrogens is 669 g/mol. The molecule has 12 rings (SSSR count). The summed E-state index contributed by atoms with van der Waals surface area (Å²) in [5, 5.41) is 10.0. The summed E-state index contributed by atoms with van der Waals surface area (Å²) in [6.07, 6.45) is 6.65. The zero-order valence-corrected chi connectivity index (χ0v) is 30.9. The molecule has 5 aliphatic carbocycles. The van der Waals surface area contributed by atoms with Crippen molar-refractivity contribution in [3.8, 4) is 73.6 Å². The van der Waals surface area contributed by atoms with E-state index in [0.29, 0.717) is 29.3 Å². The lowest BCUT2D eigenvalue weighted by Crippen LogP contribution is -2.55. The number of hydrogen-bond donors (Lipinski definition) is 0. The minimum Gasteiger partial charge on any atom is -0.208 e. The third-order valence-corrected chi connectivity index (χ3v) is 13.4. The Morgan fingerprint density at radius 1 is 0.491 bits per heavy atom. The number of aryl methyl sites for hydroxylation is 1. The summed E-state index contributed by atoms with van der Waals surface area (Å²) in [7, 11) is 0. The van der Waals surface area contributed by atoms with E-state index in [2.05, 4.69) is 116 Å². The van der Waals surface area contributed by atoms with Crippen molar-refractivity contribution in [2.45, 2.75) is 44.4 Å². The Bertz CT molecular complexity index is 2640. The maximum absolute atomic E-state index is 10.0. The van der Waals surface area contributed by atoms with Crippen LogP contribution in [0, 0.1) is 41.9 Å². The largest absolute Gasteiger partial charge is 0.208 e. The van der Waals surface area contributed by atoms with Crippen molar-refractivity contribution in [3.05, 3.63) is 162 Å². The Labute approximate surface area is 322 Å². The van der Waals surface area contributed by atoms with Gasteiger partial charge in [-0.15, -0.1) is 0 Å². The Kier molecular flexibility index (Phi) is 7.29. The lowest BCUT2D eigenvalue weighted by Gasteiger charge is -2.61. The van der Waals surface area contributed by atoms with Crippen LogP contribution in [-0.2, 0) is 5.41 Å². The number of fused-ring (bicyclic) bond motifs is 3. The minimum absolute atomic E-state index is 0.0280. The summed E-state index contributed by atoms with van der Waals surface area (Å²) in [5.74, 6) is 4.95. The highest BCUT2D eigenvalue weighted by Gasteiger charge is 2.62. The molecule has 0 N–H and O–H groups in total. The predicted octanol–water partition coefficient (Wildman–Crippen LogP) is 12.1. The predicted molar refractivity (Wildman–Crippen MR) is 220 cm³/mol. The molecule has 4 fully saturated rings. The summed E-state index contributed by atoms with van der Waals surface area (Å²) < 4.78 is 0. The van der Waals surface area contributed by atoms with Crippen LogP contribution in [0.3, 0.4) is 0 Å². The van der Waals surface area contributed by atoms with Crippen LogP contribution in [0.4, 0.5) is 0 Å². The normalized spacial score (nSPS) is 22.7. The Hall–Kier alpha value is -6.18. The Morgan fingerprint density at radius 2 is 1.04 bits per heavy atom. The van der Waals surface area contributed by atoms with Crippen LogP contribution in [0.15, 0.2) is 140 Å². The van der Waals surface area contributed by atoms with E-state index in [-0.39, 0.29) is 5.41 Å². The van der Waals surface area contributed by atoms with E-state index in [1.807, 2.05) is 36.4 Å². The van der Waals surface area contributed by atoms with Gasteiger partial charge in [-0.05, 0) is 125 Å². The molecule has 0 unspecified atom stereocenters. The number of rotatable bonds is 5. The average Bonchev–Trinajstić information content (AvgIpc) is 3.53. The SMILES string of the molecule is Cc1ccc(-c2nc(-c3ccccc3)nc(-c3ccc(-c4cccc(-c5cccc6c5C5(c7cc(C#N)ccc7-6)C6CC7CC(C6)CC5C7)c4)cc3)n2)cc1. The second-order valence-corrected chi connectivity index (χ2v) is 16.5. The third-order valence-electron chi connectivity index (χ3n) is 13.4. The van der Waals surface area contributed by atoms with E-state index in [0.717, 1.165) is 39.7 Å². The molecule has 4 heteroatoms. The summed E-state index contributed by atoms with van der Waals surface area (Å²) in [6, 6.07) is 52.2. The minimum atomic E-state index is -0.0280. The van der Waals surface area contributed by atoms with Gasteiger partial charge in [-0.3, -0.25) is 0 Å². The highest BCUT2D eigenvalue weighted by atomic mass is 15.0. The Morgan fingerprint density at radius 3 is 1.69 bits per heavy atom. The van der Waals surface area contributed by atoms with Crippen molar-refractivity contribution in [3.63, 3.8) is 0 Å². The molecule has 6 aromatic carbocycles. The Balaban J connectivity index is 0.990. The van der Waals surface area contributed by atoms with Gasteiger partial charge in [-0.1, -0.05) is 127 Å². The highest BCUT2D eigenvalue weighted by molar-refractivity contribution is 5.90. The van der Waals surface area contributed by atoms with E-state index >= 15 is 0 Å². The van der Waals surface area contributed by atoms with Gasteiger partial charge in [-0.2, -0.15) is 5.26 Å². The molecule has 55 heavy (non-hydrogen) atoms. The number of nitriles is 1. The molecule has 4 bridgehead atoms. The first-order valence-electron chi connectivity index (χ1n) is 19.8. The van der Waals surface area contributed by atoms with Gasteiger partial charge in [0, 0.05) is 22.1 Å². The summed E-state index contributed by atoms with van der Waals surface area (Å²) in [4.78, 5) is 14.8. The van der Waals surface area contributed by atoms with E-state index < -0.39 is 0 Å². The number of aromatic nitrogens is 3. The summed E-state index contributed by atoms with van der Waals surface area (Å²) in [6.45, 7) is 2.09. The monoisotopic (exact) mass is 708 g/mol. The van der Waals surface area contributed by atoms with Gasteiger partial charge >= 0.3 is 0 Å². The zero-order chi connectivity index (χ0) is 36.7. The van der Waals surface area contributed by atoms with E-state index in [1.165, 1.54) is 76.6 Å². The molecular formula is C51H40N4. The topological polar surface area (TPSA) is 62.5 Å². The number of hydrogen-bond acceptors (Lipinski definition) is 4. The van der Waals surface area contributed by atoms with Gasteiger partial charge in [0.25, 0.3) is 0 Å². The summed E-state index contributed by atoms with van der Waals surface area (Å²) >= 11 is 0. The average molecular weight is 709 g/mol. The van der Waals surface area contributed by atoms with E-state index in [1.54, 1.807) is 0 Å². The van der Waals surface area contributed by atoms with Crippen molar-refractivity contribution in [2.75, 3.05) is 0 Å². The second-order valence-electron chi connectivity index (χ2n) is 16.5. The van der Waals surface area contributed by atoms with Crippen molar-refractivity contribution < 1.29 is 0 Å². The smallest absolute Gasteiger partial charge is 0.164 e. The van der Waals surface area contributed by atoms with Crippen molar-refractivity contribution in [2.24, 2.45) is 23.7 Å². The van der Waals surface area contributed by atoms with Crippen LogP contribution < -0.4 is 0 Å². The maximum atomic E-state index is 10.0. The molecule has 5 aliphatic rings. The van der Waals surface area contributed by atoms with Crippen LogP contribution in [-0.4, -0.2) is 15.0 Å². The first-order valence-corrected chi connectivity index (χ1v) is 19.8. The standard InChI is InChI=1S/C51H40N4/c1-31-13-16-37(17-14-31)49-53-48(36-7-3-2-4-8-36)54-50(55-49)38-20-18-35(19-21-38)39-9-5-10-40(29-39)43-11-6-12-45-44-22-15-32(30-52)28-46(44)51(47(43)45)41-24-33-23-34(26-41)27-42(51)25-33/h2-22,28-29,33-34,41-42H,23-27H2,1H3. The molecule has 0 amide bonds. The van der Waals surface area contributed by atoms with Crippen molar-refractivity contribution in [1.82, 2.24) is 15.0 Å². The fourth-order valence-electron chi connectivity index (χ4n) is 11.3. The molecule has 0 atom stereocenters. The molecule has 1 heterocycles. The lowest BCUT2D eigenvalue weighted by atomic mass is 9.42. The molecule has 0 aliphatic heterocycles. The van der Waals surface area contributed by atoms with Gasteiger partial charge in [0.15, 0.2) is 17.5 Å². The molecule has 4 saturated carbocycles. The van der Waals surface area contributed by atoms with Crippen LogP contribution in [0.2, 0.25) is 0 Å². The zero-order valence-electron chi connectivity index (χ0n) is 30.9. The van der Waals surface area contributed by atoms with Crippen molar-refractivity contribution in [1.29, 1.82) is 5.26 Å². The van der Waals surface area contributed by atoms with Crippen LogP contribution in [0.5, 0.6) is 0 Å². The maximum Gasteiger partial charge on any atom is 0.164 e. The first kappa shape index (κ1) is 32.3. The van der Waals surface area contributed by atoms with E-state index in [9.17, 15) is 5.26 Å². The molecule has 0 radical (unpaired) electrons. The molecule has 264 valence electrons. The molecule has 0 saturated heterocycles. The molecule has 7 aromatic rings.